The third-order valence-electron chi connectivity index (χ3n) is 3.89. The smallest absolute Gasteiger partial charge is 0.224 e. The van der Waals surface area contributed by atoms with Crippen molar-refractivity contribution in [1.29, 1.82) is 0 Å². The summed E-state index contributed by atoms with van der Waals surface area (Å²) in [6.45, 7) is 3.37. The molecule has 1 atom stereocenters. The summed E-state index contributed by atoms with van der Waals surface area (Å²) in [7, 11) is 3.68. The van der Waals surface area contributed by atoms with E-state index in [4.69, 9.17) is 11.6 Å². The van der Waals surface area contributed by atoms with Crippen LogP contribution in [0.25, 0.3) is 0 Å². The number of hydrogen-bond donors (Lipinski definition) is 2. The summed E-state index contributed by atoms with van der Waals surface area (Å²) in [5.41, 5.74) is 2.20. The third-order valence-corrected chi connectivity index (χ3v) is 4.25. The first-order valence-electron chi connectivity index (χ1n) is 7.46. The van der Waals surface area contributed by atoms with Gasteiger partial charge >= 0.3 is 0 Å². The molecule has 1 amide bonds. The molecule has 1 fully saturated rings. The predicted octanol–water partition coefficient (Wildman–Crippen LogP) is 2.41. The van der Waals surface area contributed by atoms with Crippen LogP contribution < -0.4 is 15.5 Å². The maximum atomic E-state index is 11.7. The molecule has 0 aliphatic heterocycles. The molecule has 0 heterocycles. The Bertz CT molecular complexity index is 502. The maximum absolute atomic E-state index is 11.7. The zero-order valence-electron chi connectivity index (χ0n) is 12.9. The molecule has 21 heavy (non-hydrogen) atoms. The van der Waals surface area contributed by atoms with Crippen molar-refractivity contribution < 1.29 is 4.79 Å². The number of carbonyl (C=O) groups excluding carboxylic acids is 1. The van der Waals surface area contributed by atoms with E-state index < -0.39 is 0 Å². The van der Waals surface area contributed by atoms with Gasteiger partial charge < -0.3 is 15.5 Å². The van der Waals surface area contributed by atoms with E-state index in [1.807, 2.05) is 26.1 Å². The van der Waals surface area contributed by atoms with Crippen LogP contribution in [0, 0.1) is 5.92 Å². The van der Waals surface area contributed by atoms with Crippen LogP contribution in [-0.4, -0.2) is 32.6 Å². The molecule has 1 saturated carbocycles. The molecule has 0 radical (unpaired) electrons. The van der Waals surface area contributed by atoms with Crippen molar-refractivity contribution in [1.82, 2.24) is 10.6 Å². The van der Waals surface area contributed by atoms with Crippen LogP contribution in [0.5, 0.6) is 0 Å². The average molecular weight is 310 g/mol. The Hall–Kier alpha value is -1.26. The minimum Gasteiger partial charge on any atom is -0.374 e. The topological polar surface area (TPSA) is 44.4 Å². The molecule has 2 N–H and O–H groups in total. The van der Waals surface area contributed by atoms with Gasteiger partial charge in [0.2, 0.25) is 5.91 Å². The van der Waals surface area contributed by atoms with Crippen molar-refractivity contribution in [3.63, 3.8) is 0 Å². The molecule has 1 aliphatic carbocycles. The summed E-state index contributed by atoms with van der Waals surface area (Å²) >= 11 is 6.36. The number of anilines is 1. The zero-order valence-corrected chi connectivity index (χ0v) is 13.7. The van der Waals surface area contributed by atoms with Crippen molar-refractivity contribution in [3.8, 4) is 0 Å². The Morgan fingerprint density at radius 1 is 1.48 bits per heavy atom. The largest absolute Gasteiger partial charge is 0.374 e. The zero-order chi connectivity index (χ0) is 15.4. The standard InChI is InChI=1S/C16H24ClN3O/c1-11(16(21)18-2)10-20(3)15-6-4-5-14(17)13(15)9-19-12-7-8-12/h4-6,11-12,19H,7-10H2,1-3H3,(H,18,21). The molecule has 1 aromatic carbocycles. The fourth-order valence-corrected chi connectivity index (χ4v) is 2.69. The van der Waals surface area contributed by atoms with Gasteiger partial charge in [-0.25, -0.2) is 0 Å². The van der Waals surface area contributed by atoms with Gasteiger partial charge in [0.05, 0.1) is 5.92 Å². The minimum absolute atomic E-state index is 0.0570. The molecule has 116 valence electrons. The molecular weight excluding hydrogens is 286 g/mol. The predicted molar refractivity (Wildman–Crippen MR) is 87.8 cm³/mol. The first-order chi connectivity index (χ1) is 10.0. The van der Waals surface area contributed by atoms with Crippen LogP contribution in [0.2, 0.25) is 5.02 Å². The second kappa shape index (κ2) is 7.14. The van der Waals surface area contributed by atoms with E-state index in [1.54, 1.807) is 7.05 Å². The van der Waals surface area contributed by atoms with Crippen molar-refractivity contribution >= 4 is 23.2 Å². The lowest BCUT2D eigenvalue weighted by atomic mass is 10.1. The average Bonchev–Trinajstić information content (AvgIpc) is 3.28. The van der Waals surface area contributed by atoms with Crippen LogP contribution >= 0.6 is 11.6 Å². The SMILES string of the molecule is CNC(=O)C(C)CN(C)c1cccc(Cl)c1CNC1CC1. The van der Waals surface area contributed by atoms with Crippen molar-refractivity contribution in [2.45, 2.75) is 32.4 Å². The third kappa shape index (κ3) is 4.35. The normalized spacial score (nSPS) is 15.6. The van der Waals surface area contributed by atoms with E-state index >= 15 is 0 Å². The van der Waals surface area contributed by atoms with Crippen LogP contribution in [0.4, 0.5) is 5.69 Å². The van der Waals surface area contributed by atoms with E-state index in [0.29, 0.717) is 12.6 Å². The Kier molecular flexibility index (Phi) is 5.48. The minimum atomic E-state index is -0.0665. The lowest BCUT2D eigenvalue weighted by Gasteiger charge is -2.26. The molecular formula is C16H24ClN3O. The van der Waals surface area contributed by atoms with Crippen LogP contribution in [-0.2, 0) is 11.3 Å². The van der Waals surface area contributed by atoms with E-state index in [9.17, 15) is 4.79 Å². The Labute approximate surface area is 131 Å². The second-order valence-corrected chi connectivity index (χ2v) is 6.20. The van der Waals surface area contributed by atoms with Crippen LogP contribution in [0.3, 0.4) is 0 Å². The highest BCUT2D eigenvalue weighted by atomic mass is 35.5. The fraction of sp³-hybridized carbons (Fsp3) is 0.562. The van der Waals surface area contributed by atoms with Gasteiger partial charge in [0.15, 0.2) is 0 Å². The molecule has 0 saturated heterocycles. The van der Waals surface area contributed by atoms with Gasteiger partial charge in [-0.1, -0.05) is 24.6 Å². The Balaban J connectivity index is 2.09. The number of hydrogen-bond acceptors (Lipinski definition) is 3. The van der Waals surface area contributed by atoms with Gasteiger partial charge in [0, 0.05) is 49.5 Å². The van der Waals surface area contributed by atoms with Gasteiger partial charge in [-0.15, -0.1) is 0 Å². The Morgan fingerprint density at radius 3 is 2.81 bits per heavy atom. The van der Waals surface area contributed by atoms with Gasteiger partial charge in [0.1, 0.15) is 0 Å². The summed E-state index contributed by atoms with van der Waals surface area (Å²) in [5, 5.41) is 6.98. The van der Waals surface area contributed by atoms with Gasteiger partial charge in [-0.3, -0.25) is 4.79 Å². The van der Waals surface area contributed by atoms with E-state index in [0.717, 1.165) is 22.8 Å². The molecule has 0 spiro atoms. The van der Waals surface area contributed by atoms with Crippen LogP contribution in [0.15, 0.2) is 18.2 Å². The van der Waals surface area contributed by atoms with Gasteiger partial charge in [0.25, 0.3) is 0 Å². The number of nitrogens with one attached hydrogen (secondary N) is 2. The quantitative estimate of drug-likeness (QED) is 0.813. The lowest BCUT2D eigenvalue weighted by Crippen LogP contribution is -2.35. The molecule has 1 aromatic rings. The Morgan fingerprint density at radius 2 is 2.19 bits per heavy atom. The maximum Gasteiger partial charge on any atom is 0.224 e. The summed E-state index contributed by atoms with van der Waals surface area (Å²) in [6, 6.07) is 6.58. The molecule has 4 nitrogen and oxygen atoms in total. The molecule has 1 aliphatic rings. The molecule has 1 unspecified atom stereocenters. The van der Waals surface area contributed by atoms with Crippen LogP contribution in [0.1, 0.15) is 25.3 Å². The summed E-state index contributed by atoms with van der Waals surface area (Å²) in [5.74, 6) is -0.00948. The first-order valence-corrected chi connectivity index (χ1v) is 7.84. The van der Waals surface area contributed by atoms with Gasteiger partial charge in [-0.05, 0) is 25.0 Å². The second-order valence-electron chi connectivity index (χ2n) is 5.79. The van der Waals surface area contributed by atoms with Crippen molar-refractivity contribution in [2.24, 2.45) is 5.92 Å². The van der Waals surface area contributed by atoms with E-state index in [-0.39, 0.29) is 11.8 Å². The van der Waals surface area contributed by atoms with Crippen molar-refractivity contribution in [3.05, 3.63) is 28.8 Å². The summed E-state index contributed by atoms with van der Waals surface area (Å²) in [6.07, 6.45) is 2.51. The number of halogens is 1. The fourth-order valence-electron chi connectivity index (χ4n) is 2.45. The summed E-state index contributed by atoms with van der Waals surface area (Å²) < 4.78 is 0. The number of nitrogens with zero attached hydrogens (tertiary/aromatic N) is 1. The highest BCUT2D eigenvalue weighted by Gasteiger charge is 2.22. The van der Waals surface area contributed by atoms with E-state index in [2.05, 4.69) is 21.6 Å². The highest BCUT2D eigenvalue weighted by molar-refractivity contribution is 6.31. The van der Waals surface area contributed by atoms with Crippen molar-refractivity contribution in [2.75, 3.05) is 25.5 Å². The monoisotopic (exact) mass is 309 g/mol. The summed E-state index contributed by atoms with van der Waals surface area (Å²) in [4.78, 5) is 13.8. The lowest BCUT2D eigenvalue weighted by molar-refractivity contribution is -0.123. The number of rotatable bonds is 7. The number of amides is 1. The number of carbonyl (C=O) groups is 1. The number of benzene rings is 1. The molecule has 5 heteroatoms. The van der Waals surface area contributed by atoms with E-state index in [1.165, 1.54) is 12.8 Å². The molecule has 0 aromatic heterocycles. The van der Waals surface area contributed by atoms with Gasteiger partial charge in [-0.2, -0.15) is 0 Å². The molecule has 2 rings (SSSR count). The first kappa shape index (κ1) is 16.1. The molecule has 0 bridgehead atoms. The highest BCUT2D eigenvalue weighted by Crippen LogP contribution is 2.29.